The molecule has 27 heavy (non-hydrogen) atoms. The van der Waals surface area contributed by atoms with Crippen molar-refractivity contribution in [1.29, 1.82) is 0 Å². The second-order valence-corrected chi connectivity index (χ2v) is 7.69. The predicted molar refractivity (Wildman–Crippen MR) is 106 cm³/mol. The van der Waals surface area contributed by atoms with Gasteiger partial charge in [0.15, 0.2) is 0 Å². The summed E-state index contributed by atoms with van der Waals surface area (Å²) >= 11 is 0. The van der Waals surface area contributed by atoms with Crippen molar-refractivity contribution in [2.24, 2.45) is 5.73 Å². The number of hydrogen-bond donors (Lipinski definition) is 4. The molecule has 152 valence electrons. The van der Waals surface area contributed by atoms with Crippen LogP contribution in [0, 0.1) is 0 Å². The molecule has 0 saturated heterocycles. The number of nitrogens with one attached hydrogen (secondary N) is 2. The van der Waals surface area contributed by atoms with Crippen LogP contribution in [0.3, 0.4) is 0 Å². The minimum Gasteiger partial charge on any atom is -0.393 e. The number of amides is 1. The number of rotatable bonds is 6. The molecule has 2 aliphatic rings. The molecule has 5 N–H and O–H groups in total. The van der Waals surface area contributed by atoms with E-state index in [-0.39, 0.29) is 25.2 Å². The maximum atomic E-state index is 11.8. The Morgan fingerprint density at radius 2 is 1.96 bits per heavy atom. The molecule has 4 atom stereocenters. The lowest BCUT2D eigenvalue weighted by atomic mass is 9.93. The van der Waals surface area contributed by atoms with E-state index in [1.54, 1.807) is 7.11 Å². The summed E-state index contributed by atoms with van der Waals surface area (Å²) in [6.45, 7) is 0. The molecule has 0 aromatic carbocycles. The summed E-state index contributed by atoms with van der Waals surface area (Å²) in [4.78, 5) is 20.6. The standard InChI is InChI=1S/C19H31N5O3.H2/c1-27-15-7-3-4-12(8-9-15)23-19-21-11-16(17(20)26)18(24-19)22-13-5-2-6-14(25)10-13;/h11-15,25H,2-10H2,1H3,(H2,20,26)(H2,21,22,23,24);1H/t12-,13-,14+,15+;/m1./s1. The van der Waals surface area contributed by atoms with Gasteiger partial charge in [-0.05, 0) is 57.8 Å². The lowest BCUT2D eigenvalue weighted by molar-refractivity contribution is 0.0898. The van der Waals surface area contributed by atoms with E-state index in [1.807, 2.05) is 0 Å². The van der Waals surface area contributed by atoms with Crippen molar-refractivity contribution in [2.75, 3.05) is 17.7 Å². The van der Waals surface area contributed by atoms with Gasteiger partial charge in [-0.2, -0.15) is 4.98 Å². The molecule has 2 aliphatic carbocycles. The quantitative estimate of drug-likeness (QED) is 0.559. The van der Waals surface area contributed by atoms with Crippen LogP contribution in [0.4, 0.5) is 11.8 Å². The van der Waals surface area contributed by atoms with Crippen molar-refractivity contribution < 1.29 is 16.1 Å². The van der Waals surface area contributed by atoms with E-state index in [0.717, 1.165) is 51.4 Å². The summed E-state index contributed by atoms with van der Waals surface area (Å²) < 4.78 is 5.48. The van der Waals surface area contributed by atoms with Crippen molar-refractivity contribution in [2.45, 2.75) is 82.1 Å². The van der Waals surface area contributed by atoms with Crippen LogP contribution in [-0.2, 0) is 4.74 Å². The lowest BCUT2D eigenvalue weighted by Gasteiger charge is -2.27. The third-order valence-electron chi connectivity index (χ3n) is 5.62. The average Bonchev–Trinajstić information content (AvgIpc) is 2.87. The minimum absolute atomic E-state index is 0. The summed E-state index contributed by atoms with van der Waals surface area (Å²) in [6, 6.07) is 0.365. The highest BCUT2D eigenvalue weighted by atomic mass is 16.5. The molecule has 0 aliphatic heterocycles. The second-order valence-electron chi connectivity index (χ2n) is 7.69. The molecule has 0 spiro atoms. The Labute approximate surface area is 161 Å². The number of carbonyl (C=O) groups excluding carboxylic acids is 1. The van der Waals surface area contributed by atoms with Crippen LogP contribution in [0.15, 0.2) is 6.20 Å². The third-order valence-corrected chi connectivity index (χ3v) is 5.62. The summed E-state index contributed by atoms with van der Waals surface area (Å²) in [5.41, 5.74) is 5.77. The minimum atomic E-state index is -0.558. The zero-order chi connectivity index (χ0) is 19.2. The van der Waals surface area contributed by atoms with E-state index in [0.29, 0.717) is 24.3 Å². The van der Waals surface area contributed by atoms with Crippen LogP contribution < -0.4 is 16.4 Å². The van der Waals surface area contributed by atoms with Gasteiger partial charge in [-0.25, -0.2) is 4.98 Å². The maximum absolute atomic E-state index is 11.8. The Bertz CT molecular complexity index is 648. The van der Waals surface area contributed by atoms with Gasteiger partial charge in [0, 0.05) is 26.8 Å². The van der Waals surface area contributed by atoms with Gasteiger partial charge in [0.2, 0.25) is 5.95 Å². The number of aliphatic hydroxyl groups excluding tert-OH is 1. The van der Waals surface area contributed by atoms with Crippen LogP contribution in [0.25, 0.3) is 0 Å². The molecule has 2 fully saturated rings. The first kappa shape index (κ1) is 19.8. The van der Waals surface area contributed by atoms with Crippen LogP contribution >= 0.6 is 0 Å². The number of nitrogens with two attached hydrogens (primary N) is 1. The molecule has 8 nitrogen and oxygen atoms in total. The first-order chi connectivity index (χ1) is 13.0. The monoisotopic (exact) mass is 379 g/mol. The van der Waals surface area contributed by atoms with E-state index < -0.39 is 5.91 Å². The highest BCUT2D eigenvalue weighted by Crippen LogP contribution is 2.25. The highest BCUT2D eigenvalue weighted by molar-refractivity contribution is 5.97. The summed E-state index contributed by atoms with van der Waals surface area (Å²) in [7, 11) is 1.77. The van der Waals surface area contributed by atoms with E-state index >= 15 is 0 Å². The largest absolute Gasteiger partial charge is 0.393 e. The Hall–Kier alpha value is -1.93. The van der Waals surface area contributed by atoms with Crippen LogP contribution in [0.5, 0.6) is 0 Å². The summed E-state index contributed by atoms with van der Waals surface area (Å²) in [6.07, 6.45) is 10.1. The Kier molecular flexibility index (Phi) is 6.84. The number of methoxy groups -OCH3 is 1. The lowest BCUT2D eigenvalue weighted by Crippen LogP contribution is -2.31. The van der Waals surface area contributed by atoms with Crippen LogP contribution in [0.2, 0.25) is 0 Å². The molecular formula is C19H33N5O3. The van der Waals surface area contributed by atoms with Gasteiger partial charge in [-0.3, -0.25) is 4.79 Å². The number of primary amides is 1. The number of carbonyl (C=O) groups is 1. The SMILES string of the molecule is CO[C@H]1CCC[C@@H](Nc2ncc(C(N)=O)c(N[C@@H]3CCC[C@H](O)C3)n2)CC1.[HH]. The molecule has 0 unspecified atom stereocenters. The fourth-order valence-electron chi connectivity index (χ4n) is 4.06. The molecule has 3 rings (SSSR count). The fraction of sp³-hybridized carbons (Fsp3) is 0.737. The molecular weight excluding hydrogens is 346 g/mol. The second kappa shape index (κ2) is 9.32. The van der Waals surface area contributed by atoms with Crippen LogP contribution in [-0.4, -0.2) is 52.4 Å². The third kappa shape index (κ3) is 5.52. The smallest absolute Gasteiger partial charge is 0.254 e. The van der Waals surface area contributed by atoms with Gasteiger partial charge in [0.1, 0.15) is 5.82 Å². The molecule has 1 aromatic rings. The number of aromatic nitrogens is 2. The first-order valence-corrected chi connectivity index (χ1v) is 9.96. The molecule has 8 heteroatoms. The molecule has 1 amide bonds. The Morgan fingerprint density at radius 3 is 2.70 bits per heavy atom. The van der Waals surface area contributed by atoms with Gasteiger partial charge in [-0.15, -0.1) is 0 Å². The first-order valence-electron chi connectivity index (χ1n) is 9.96. The number of anilines is 2. The molecule has 2 saturated carbocycles. The van der Waals surface area contributed by atoms with Gasteiger partial charge in [0.05, 0.1) is 17.8 Å². The molecule has 0 bridgehead atoms. The van der Waals surface area contributed by atoms with Crippen molar-refractivity contribution in [3.8, 4) is 0 Å². The average molecular weight is 380 g/mol. The van der Waals surface area contributed by atoms with Crippen molar-refractivity contribution in [3.05, 3.63) is 11.8 Å². The topological polar surface area (TPSA) is 122 Å². The Morgan fingerprint density at radius 1 is 1.19 bits per heavy atom. The van der Waals surface area contributed by atoms with Crippen molar-refractivity contribution >= 4 is 17.7 Å². The molecule has 0 radical (unpaired) electrons. The van der Waals surface area contributed by atoms with E-state index in [1.165, 1.54) is 6.20 Å². The van der Waals surface area contributed by atoms with E-state index in [9.17, 15) is 9.90 Å². The Balaban J connectivity index is 0.00000280. The van der Waals surface area contributed by atoms with Crippen LogP contribution in [0.1, 0.15) is 69.6 Å². The maximum Gasteiger partial charge on any atom is 0.254 e. The molecule has 1 aromatic heterocycles. The number of hydrogen-bond acceptors (Lipinski definition) is 7. The fourth-order valence-corrected chi connectivity index (χ4v) is 4.06. The highest BCUT2D eigenvalue weighted by Gasteiger charge is 2.23. The summed E-state index contributed by atoms with van der Waals surface area (Å²) in [5.74, 6) is 0.389. The van der Waals surface area contributed by atoms with Gasteiger partial charge in [0.25, 0.3) is 5.91 Å². The normalized spacial score (nSPS) is 29.0. The van der Waals surface area contributed by atoms with E-state index in [2.05, 4.69) is 20.6 Å². The van der Waals surface area contributed by atoms with Gasteiger partial charge >= 0.3 is 0 Å². The zero-order valence-corrected chi connectivity index (χ0v) is 16.0. The number of nitrogens with zero attached hydrogens (tertiary/aromatic N) is 2. The van der Waals surface area contributed by atoms with E-state index in [4.69, 9.17) is 10.5 Å². The van der Waals surface area contributed by atoms with Gasteiger partial charge < -0.3 is 26.2 Å². The summed E-state index contributed by atoms with van der Waals surface area (Å²) in [5, 5.41) is 16.6. The zero-order valence-electron chi connectivity index (χ0n) is 16.0. The predicted octanol–water partition coefficient (Wildman–Crippen LogP) is 2.30. The number of ether oxygens (including phenoxy) is 1. The van der Waals surface area contributed by atoms with Crippen molar-refractivity contribution in [1.82, 2.24) is 9.97 Å². The molecule has 1 heterocycles. The van der Waals surface area contributed by atoms with Gasteiger partial charge in [-0.1, -0.05) is 0 Å². The number of aliphatic hydroxyl groups is 1. The van der Waals surface area contributed by atoms with Crippen molar-refractivity contribution in [3.63, 3.8) is 0 Å².